The van der Waals surface area contributed by atoms with E-state index in [1.165, 1.54) is 25.8 Å². The van der Waals surface area contributed by atoms with Gasteiger partial charge in [-0.3, -0.25) is 0 Å². The summed E-state index contributed by atoms with van der Waals surface area (Å²) in [7, 11) is 2.27. The Morgan fingerprint density at radius 3 is 2.11 bits per heavy atom. The number of nitrogens with one attached hydrogen (secondary N) is 1. The molecule has 0 radical (unpaired) electrons. The fourth-order valence-corrected chi connectivity index (χ4v) is 2.41. The molecule has 0 aliphatic carbocycles. The van der Waals surface area contributed by atoms with Crippen LogP contribution >= 0.6 is 0 Å². The molecule has 0 fully saturated rings. The predicted octanol–water partition coefficient (Wildman–Crippen LogP) is 3.77. The van der Waals surface area contributed by atoms with Crippen LogP contribution in [0.4, 0.5) is 0 Å². The topological polar surface area (TPSA) is 15.3 Å². The Bertz CT molecular complexity index is 192. The van der Waals surface area contributed by atoms with E-state index in [0.717, 1.165) is 18.4 Å². The number of nitrogens with zero attached hydrogens (tertiary/aromatic N) is 1. The zero-order valence-corrected chi connectivity index (χ0v) is 13.8. The van der Waals surface area contributed by atoms with Gasteiger partial charge in [0.25, 0.3) is 0 Å². The second kappa shape index (κ2) is 9.80. The largest absolute Gasteiger partial charge is 0.312 e. The zero-order chi connectivity index (χ0) is 14.1. The molecule has 0 saturated heterocycles. The molecule has 0 saturated carbocycles. The van der Waals surface area contributed by atoms with Gasteiger partial charge in [0.05, 0.1) is 0 Å². The molecular formula is C16H36N2. The minimum atomic E-state index is 0.634. The highest BCUT2D eigenvalue weighted by Crippen LogP contribution is 2.14. The molecule has 0 bridgehead atoms. The van der Waals surface area contributed by atoms with E-state index in [2.05, 4.69) is 58.8 Å². The molecule has 110 valence electrons. The van der Waals surface area contributed by atoms with Gasteiger partial charge >= 0.3 is 0 Å². The van der Waals surface area contributed by atoms with E-state index in [1.807, 2.05) is 0 Å². The molecule has 3 atom stereocenters. The van der Waals surface area contributed by atoms with Crippen molar-refractivity contribution in [3.05, 3.63) is 0 Å². The van der Waals surface area contributed by atoms with Gasteiger partial charge in [0.2, 0.25) is 0 Å². The molecule has 0 spiro atoms. The molecule has 0 heterocycles. The standard InChI is InChI=1S/C16H36N2/c1-8-10-17-16(14(5)9-2)12-18(7)15(6)11-13(3)4/h13-17H,8-12H2,1-7H3. The van der Waals surface area contributed by atoms with Crippen molar-refractivity contribution < 1.29 is 0 Å². The predicted molar refractivity (Wildman–Crippen MR) is 83.1 cm³/mol. The zero-order valence-electron chi connectivity index (χ0n) is 13.8. The summed E-state index contributed by atoms with van der Waals surface area (Å²) in [5, 5.41) is 3.72. The van der Waals surface area contributed by atoms with Crippen molar-refractivity contribution in [3.63, 3.8) is 0 Å². The van der Waals surface area contributed by atoms with Crippen LogP contribution in [-0.4, -0.2) is 37.1 Å². The first-order valence-corrected chi connectivity index (χ1v) is 7.85. The summed E-state index contributed by atoms with van der Waals surface area (Å²) in [4.78, 5) is 2.53. The summed E-state index contributed by atoms with van der Waals surface area (Å²) in [5.74, 6) is 1.54. The Balaban J connectivity index is 4.27. The van der Waals surface area contributed by atoms with E-state index >= 15 is 0 Å². The maximum Gasteiger partial charge on any atom is 0.0220 e. The summed E-state index contributed by atoms with van der Waals surface area (Å²) in [6.45, 7) is 16.2. The second-order valence-corrected chi connectivity index (χ2v) is 6.36. The molecule has 2 nitrogen and oxygen atoms in total. The third-order valence-corrected chi connectivity index (χ3v) is 4.04. The smallest absolute Gasteiger partial charge is 0.0220 e. The maximum atomic E-state index is 3.72. The van der Waals surface area contributed by atoms with E-state index in [9.17, 15) is 0 Å². The SMILES string of the molecule is CCCNC(CN(C)C(C)CC(C)C)C(C)CC. The molecule has 3 unspecified atom stereocenters. The van der Waals surface area contributed by atoms with Crippen LogP contribution in [-0.2, 0) is 0 Å². The lowest BCUT2D eigenvalue weighted by molar-refractivity contribution is 0.183. The average molecular weight is 256 g/mol. The Hall–Kier alpha value is -0.0800. The van der Waals surface area contributed by atoms with Crippen molar-refractivity contribution >= 4 is 0 Å². The fraction of sp³-hybridized carbons (Fsp3) is 1.00. The molecule has 18 heavy (non-hydrogen) atoms. The number of hydrogen-bond donors (Lipinski definition) is 1. The van der Waals surface area contributed by atoms with Crippen molar-refractivity contribution in [3.8, 4) is 0 Å². The van der Waals surface area contributed by atoms with E-state index in [-0.39, 0.29) is 0 Å². The van der Waals surface area contributed by atoms with Gasteiger partial charge in [0.1, 0.15) is 0 Å². The van der Waals surface area contributed by atoms with Gasteiger partial charge in [0, 0.05) is 18.6 Å². The van der Waals surface area contributed by atoms with Gasteiger partial charge in [-0.15, -0.1) is 0 Å². The van der Waals surface area contributed by atoms with Crippen LogP contribution in [0, 0.1) is 11.8 Å². The Labute approximate surface area is 116 Å². The second-order valence-electron chi connectivity index (χ2n) is 6.36. The van der Waals surface area contributed by atoms with Crippen LogP contribution in [0.2, 0.25) is 0 Å². The number of rotatable bonds is 10. The third kappa shape index (κ3) is 7.38. The fourth-order valence-electron chi connectivity index (χ4n) is 2.41. The Morgan fingerprint density at radius 1 is 1.06 bits per heavy atom. The van der Waals surface area contributed by atoms with Gasteiger partial charge in [0.15, 0.2) is 0 Å². The number of hydrogen-bond acceptors (Lipinski definition) is 2. The van der Waals surface area contributed by atoms with E-state index in [1.54, 1.807) is 0 Å². The summed E-state index contributed by atoms with van der Waals surface area (Å²) >= 11 is 0. The summed E-state index contributed by atoms with van der Waals surface area (Å²) < 4.78 is 0. The van der Waals surface area contributed by atoms with Crippen molar-refractivity contribution in [1.82, 2.24) is 10.2 Å². The Morgan fingerprint density at radius 2 is 1.67 bits per heavy atom. The van der Waals surface area contributed by atoms with Crippen molar-refractivity contribution in [1.29, 1.82) is 0 Å². The lowest BCUT2D eigenvalue weighted by Gasteiger charge is -2.33. The van der Waals surface area contributed by atoms with Crippen LogP contribution in [0.3, 0.4) is 0 Å². The minimum absolute atomic E-state index is 0.634. The van der Waals surface area contributed by atoms with E-state index < -0.39 is 0 Å². The third-order valence-electron chi connectivity index (χ3n) is 4.04. The molecular weight excluding hydrogens is 220 g/mol. The van der Waals surface area contributed by atoms with Crippen LogP contribution in [0.15, 0.2) is 0 Å². The van der Waals surface area contributed by atoms with Gasteiger partial charge in [-0.05, 0) is 45.2 Å². The number of likely N-dealkylation sites (N-methyl/N-ethyl adjacent to an activating group) is 1. The highest BCUT2D eigenvalue weighted by atomic mass is 15.1. The minimum Gasteiger partial charge on any atom is -0.312 e. The van der Waals surface area contributed by atoms with Crippen LogP contribution < -0.4 is 5.32 Å². The molecule has 2 heteroatoms. The average Bonchev–Trinajstić information content (AvgIpc) is 2.32. The van der Waals surface area contributed by atoms with Crippen molar-refractivity contribution in [2.45, 2.75) is 72.9 Å². The molecule has 1 N–H and O–H groups in total. The van der Waals surface area contributed by atoms with Crippen LogP contribution in [0.5, 0.6) is 0 Å². The summed E-state index contributed by atoms with van der Waals surface area (Å²) in [6, 6.07) is 1.31. The first kappa shape index (κ1) is 17.9. The molecule has 0 amide bonds. The van der Waals surface area contributed by atoms with Gasteiger partial charge in [-0.2, -0.15) is 0 Å². The lowest BCUT2D eigenvalue weighted by atomic mass is 9.97. The van der Waals surface area contributed by atoms with E-state index in [0.29, 0.717) is 12.1 Å². The molecule has 0 aromatic heterocycles. The molecule has 0 rings (SSSR count). The normalized spacial score (nSPS) is 17.2. The summed E-state index contributed by atoms with van der Waals surface area (Å²) in [5.41, 5.74) is 0. The maximum absolute atomic E-state index is 3.72. The first-order valence-electron chi connectivity index (χ1n) is 7.85. The molecule has 0 aliphatic rings. The van der Waals surface area contributed by atoms with Crippen LogP contribution in [0.25, 0.3) is 0 Å². The van der Waals surface area contributed by atoms with Crippen molar-refractivity contribution in [2.24, 2.45) is 11.8 Å². The quantitative estimate of drug-likeness (QED) is 0.640. The van der Waals surface area contributed by atoms with E-state index in [4.69, 9.17) is 0 Å². The lowest BCUT2D eigenvalue weighted by Crippen LogP contribution is -2.46. The molecule has 0 aliphatic heterocycles. The van der Waals surface area contributed by atoms with Crippen molar-refractivity contribution in [2.75, 3.05) is 20.1 Å². The molecule has 0 aromatic carbocycles. The first-order chi connectivity index (χ1) is 8.42. The highest BCUT2D eigenvalue weighted by molar-refractivity contribution is 4.78. The molecule has 0 aromatic rings. The highest BCUT2D eigenvalue weighted by Gasteiger charge is 2.19. The van der Waals surface area contributed by atoms with Gasteiger partial charge in [-0.1, -0.05) is 41.0 Å². The van der Waals surface area contributed by atoms with Gasteiger partial charge < -0.3 is 10.2 Å². The Kier molecular flexibility index (Phi) is 9.76. The van der Waals surface area contributed by atoms with Crippen LogP contribution in [0.1, 0.15) is 60.8 Å². The summed E-state index contributed by atoms with van der Waals surface area (Å²) in [6.07, 6.45) is 3.77. The monoisotopic (exact) mass is 256 g/mol. The van der Waals surface area contributed by atoms with Gasteiger partial charge in [-0.25, -0.2) is 0 Å².